The molecule has 5 rings (SSSR count). The second-order valence-electron chi connectivity index (χ2n) is 7.16. The number of aromatic nitrogens is 5. The molecule has 0 amide bonds. The smallest absolute Gasteiger partial charge is 0.235 e. The van der Waals surface area contributed by atoms with Gasteiger partial charge in [0.25, 0.3) is 0 Å². The highest BCUT2D eigenvalue weighted by Gasteiger charge is 2.26. The van der Waals surface area contributed by atoms with Crippen LogP contribution in [0, 0.1) is 0 Å². The lowest BCUT2D eigenvalue weighted by atomic mass is 10.3. The number of rotatable bonds is 5. The fourth-order valence-electron chi connectivity index (χ4n) is 3.49. The van der Waals surface area contributed by atoms with E-state index in [2.05, 4.69) is 41.3 Å². The molecule has 1 saturated carbocycles. The lowest BCUT2D eigenvalue weighted by molar-refractivity contribution is 0.122. The Morgan fingerprint density at radius 3 is 2.35 bits per heavy atom. The van der Waals surface area contributed by atoms with E-state index >= 15 is 0 Å². The number of hydrogen-bond acceptors (Lipinski definition) is 8. The van der Waals surface area contributed by atoms with E-state index in [1.165, 1.54) is 31.4 Å². The molecule has 3 fully saturated rings. The molecule has 1 aliphatic carbocycles. The molecule has 9 heteroatoms. The van der Waals surface area contributed by atoms with Crippen molar-refractivity contribution in [3.05, 3.63) is 11.8 Å². The Labute approximate surface area is 152 Å². The Bertz CT molecular complexity index is 762. The van der Waals surface area contributed by atoms with E-state index in [-0.39, 0.29) is 0 Å². The molecular formula is C17H24N8O. The molecule has 9 nitrogen and oxygen atoms in total. The van der Waals surface area contributed by atoms with Crippen LogP contribution in [0.1, 0.15) is 37.3 Å². The van der Waals surface area contributed by atoms with Crippen molar-refractivity contribution in [1.82, 2.24) is 25.1 Å². The Kier molecular flexibility index (Phi) is 4.08. The number of H-pyrrole nitrogens is 1. The van der Waals surface area contributed by atoms with Crippen molar-refractivity contribution in [2.45, 2.75) is 31.6 Å². The predicted molar refractivity (Wildman–Crippen MR) is 98.2 cm³/mol. The standard InChI is InChI=1S/C17H24N8O/c1-2-6-24(5-1)16-19-15(18-14-11-13(22-23-14)12-3-4-12)20-17(21-16)25-7-9-26-10-8-25/h11-12H,1-10H2,(H2,18,19,20,21,22,23). The van der Waals surface area contributed by atoms with Crippen LogP contribution in [-0.2, 0) is 4.74 Å². The van der Waals surface area contributed by atoms with Gasteiger partial charge in [0, 0.05) is 43.9 Å². The number of nitrogens with zero attached hydrogens (tertiary/aromatic N) is 6. The first kappa shape index (κ1) is 15.8. The van der Waals surface area contributed by atoms with E-state index in [9.17, 15) is 0 Å². The van der Waals surface area contributed by atoms with Crippen molar-refractivity contribution in [2.24, 2.45) is 0 Å². The molecule has 0 atom stereocenters. The molecule has 0 unspecified atom stereocenters. The number of nitrogens with one attached hydrogen (secondary N) is 2. The normalized spacial score (nSPS) is 20.6. The van der Waals surface area contributed by atoms with Crippen LogP contribution < -0.4 is 15.1 Å². The van der Waals surface area contributed by atoms with E-state index in [0.29, 0.717) is 31.0 Å². The summed E-state index contributed by atoms with van der Waals surface area (Å²) in [6.07, 6.45) is 4.86. The minimum absolute atomic E-state index is 0.553. The van der Waals surface area contributed by atoms with Gasteiger partial charge in [-0.25, -0.2) is 0 Å². The highest BCUT2D eigenvalue weighted by Crippen LogP contribution is 2.39. The maximum atomic E-state index is 5.46. The number of ether oxygens (including phenoxy) is 1. The molecule has 2 aliphatic heterocycles. The Balaban J connectivity index is 1.42. The highest BCUT2D eigenvalue weighted by molar-refractivity contribution is 5.53. The zero-order chi connectivity index (χ0) is 17.3. The largest absolute Gasteiger partial charge is 0.378 e. The van der Waals surface area contributed by atoms with Crippen LogP contribution in [0.3, 0.4) is 0 Å². The molecule has 0 bridgehead atoms. The first-order chi connectivity index (χ1) is 12.8. The summed E-state index contributed by atoms with van der Waals surface area (Å²) in [5.74, 6) is 3.42. The molecule has 2 saturated heterocycles. The zero-order valence-corrected chi connectivity index (χ0v) is 14.8. The van der Waals surface area contributed by atoms with Gasteiger partial charge in [0.15, 0.2) is 5.82 Å². The third-order valence-electron chi connectivity index (χ3n) is 5.15. The molecule has 0 spiro atoms. The van der Waals surface area contributed by atoms with E-state index in [1.807, 2.05) is 0 Å². The van der Waals surface area contributed by atoms with Gasteiger partial charge >= 0.3 is 0 Å². The average Bonchev–Trinajstić information content (AvgIpc) is 3.18. The quantitative estimate of drug-likeness (QED) is 0.835. The molecule has 0 radical (unpaired) electrons. The Hall–Kier alpha value is -2.42. The lowest BCUT2D eigenvalue weighted by Crippen LogP contribution is -2.38. The first-order valence-corrected chi connectivity index (χ1v) is 9.51. The van der Waals surface area contributed by atoms with Gasteiger partial charge in [0.2, 0.25) is 17.8 Å². The molecule has 0 aromatic carbocycles. The summed E-state index contributed by atoms with van der Waals surface area (Å²) < 4.78 is 5.46. The van der Waals surface area contributed by atoms with E-state index in [1.54, 1.807) is 0 Å². The van der Waals surface area contributed by atoms with Crippen LogP contribution >= 0.6 is 0 Å². The second kappa shape index (κ2) is 6.71. The Morgan fingerprint density at radius 1 is 0.962 bits per heavy atom. The second-order valence-corrected chi connectivity index (χ2v) is 7.16. The molecule has 138 valence electrons. The maximum absolute atomic E-state index is 5.46. The van der Waals surface area contributed by atoms with Crippen molar-refractivity contribution in [2.75, 3.05) is 54.5 Å². The van der Waals surface area contributed by atoms with Crippen molar-refractivity contribution in [3.63, 3.8) is 0 Å². The maximum Gasteiger partial charge on any atom is 0.235 e. The monoisotopic (exact) mass is 356 g/mol. The first-order valence-electron chi connectivity index (χ1n) is 9.51. The fraction of sp³-hybridized carbons (Fsp3) is 0.647. The van der Waals surface area contributed by atoms with Crippen LogP contribution in [-0.4, -0.2) is 64.5 Å². The predicted octanol–water partition coefficient (Wildman–Crippen LogP) is 1.65. The summed E-state index contributed by atoms with van der Waals surface area (Å²) in [6, 6.07) is 2.06. The van der Waals surface area contributed by atoms with Crippen LogP contribution in [0.4, 0.5) is 23.7 Å². The van der Waals surface area contributed by atoms with Gasteiger partial charge in [-0.2, -0.15) is 20.1 Å². The van der Waals surface area contributed by atoms with Gasteiger partial charge in [-0.3, -0.25) is 5.10 Å². The van der Waals surface area contributed by atoms with Gasteiger partial charge in [0.05, 0.1) is 13.2 Å². The number of aromatic amines is 1. The third kappa shape index (κ3) is 3.31. The SMILES string of the molecule is c1c(Nc2nc(N3CCCC3)nc(N3CCOCC3)n2)n[nH]c1C1CC1. The van der Waals surface area contributed by atoms with Gasteiger partial charge in [-0.1, -0.05) is 0 Å². The molecular weight excluding hydrogens is 332 g/mol. The van der Waals surface area contributed by atoms with Crippen molar-refractivity contribution >= 4 is 23.7 Å². The van der Waals surface area contributed by atoms with Crippen molar-refractivity contribution in [3.8, 4) is 0 Å². The van der Waals surface area contributed by atoms with Gasteiger partial charge < -0.3 is 19.9 Å². The minimum atomic E-state index is 0.553. The van der Waals surface area contributed by atoms with Crippen LogP contribution in [0.5, 0.6) is 0 Å². The van der Waals surface area contributed by atoms with E-state index in [0.717, 1.165) is 37.9 Å². The summed E-state index contributed by atoms with van der Waals surface area (Å²) in [5, 5.41) is 10.7. The summed E-state index contributed by atoms with van der Waals surface area (Å²) >= 11 is 0. The molecule has 3 aliphatic rings. The van der Waals surface area contributed by atoms with Crippen molar-refractivity contribution in [1.29, 1.82) is 0 Å². The lowest BCUT2D eigenvalue weighted by Gasteiger charge is -2.27. The third-order valence-corrected chi connectivity index (χ3v) is 5.15. The zero-order valence-electron chi connectivity index (χ0n) is 14.8. The minimum Gasteiger partial charge on any atom is -0.378 e. The van der Waals surface area contributed by atoms with Crippen LogP contribution in [0.2, 0.25) is 0 Å². The van der Waals surface area contributed by atoms with Crippen LogP contribution in [0.25, 0.3) is 0 Å². The fourth-order valence-corrected chi connectivity index (χ4v) is 3.49. The summed E-state index contributed by atoms with van der Waals surface area (Å²) in [4.78, 5) is 18.4. The van der Waals surface area contributed by atoms with Crippen molar-refractivity contribution < 1.29 is 4.74 Å². The number of hydrogen-bond donors (Lipinski definition) is 2. The Morgan fingerprint density at radius 2 is 1.65 bits per heavy atom. The van der Waals surface area contributed by atoms with Crippen LogP contribution in [0.15, 0.2) is 6.07 Å². The molecule has 2 N–H and O–H groups in total. The number of morpholine rings is 1. The average molecular weight is 356 g/mol. The summed E-state index contributed by atoms with van der Waals surface area (Å²) in [5.41, 5.74) is 1.19. The summed E-state index contributed by atoms with van der Waals surface area (Å²) in [6.45, 7) is 5.02. The highest BCUT2D eigenvalue weighted by atomic mass is 16.5. The van der Waals surface area contributed by atoms with E-state index in [4.69, 9.17) is 9.72 Å². The van der Waals surface area contributed by atoms with Gasteiger partial charge in [-0.15, -0.1) is 0 Å². The molecule has 2 aromatic rings. The number of anilines is 4. The van der Waals surface area contributed by atoms with Gasteiger partial charge in [-0.05, 0) is 25.7 Å². The van der Waals surface area contributed by atoms with Gasteiger partial charge in [0.1, 0.15) is 0 Å². The molecule has 26 heavy (non-hydrogen) atoms. The molecule has 2 aromatic heterocycles. The van der Waals surface area contributed by atoms with E-state index < -0.39 is 0 Å². The topological polar surface area (TPSA) is 95.1 Å². The molecule has 4 heterocycles. The summed E-state index contributed by atoms with van der Waals surface area (Å²) in [7, 11) is 0.